The van der Waals surface area contributed by atoms with Crippen LogP contribution in [0.25, 0.3) is 0 Å². The van der Waals surface area contributed by atoms with Crippen molar-refractivity contribution in [1.82, 2.24) is 9.69 Å². The standard InChI is InChI=1S/C12H8ClF3N2O3S/c13-8-9(22-18-10(8)19)11(20)17-4-5-1-2-7(6(14)3-5)21-12(15)16/h1-3,12H,4H2,(H,17,20)(H,18,19). The second kappa shape index (κ2) is 6.84. The molecule has 2 aromatic rings. The third-order valence-corrected chi connectivity index (χ3v) is 3.87. The minimum atomic E-state index is -3.13. The van der Waals surface area contributed by atoms with Crippen LogP contribution < -0.4 is 15.6 Å². The van der Waals surface area contributed by atoms with Crippen LogP contribution in [0.3, 0.4) is 0 Å². The maximum atomic E-state index is 13.5. The number of rotatable bonds is 5. The van der Waals surface area contributed by atoms with Gasteiger partial charge in [0.25, 0.3) is 11.5 Å². The van der Waals surface area contributed by atoms with Gasteiger partial charge in [0, 0.05) is 6.54 Å². The first-order chi connectivity index (χ1) is 10.4. The quantitative estimate of drug-likeness (QED) is 0.869. The van der Waals surface area contributed by atoms with Gasteiger partial charge in [-0.15, -0.1) is 0 Å². The Morgan fingerprint density at radius 1 is 1.45 bits per heavy atom. The Morgan fingerprint density at radius 2 is 2.18 bits per heavy atom. The van der Waals surface area contributed by atoms with E-state index in [2.05, 4.69) is 14.4 Å². The van der Waals surface area contributed by atoms with Crippen molar-refractivity contribution in [2.24, 2.45) is 0 Å². The molecule has 0 saturated carbocycles. The minimum Gasteiger partial charge on any atom is -0.432 e. The molecule has 1 heterocycles. The molecule has 2 rings (SSSR count). The van der Waals surface area contributed by atoms with E-state index in [4.69, 9.17) is 11.6 Å². The molecule has 0 fully saturated rings. The van der Waals surface area contributed by atoms with E-state index in [9.17, 15) is 22.8 Å². The van der Waals surface area contributed by atoms with Crippen molar-refractivity contribution in [3.05, 3.63) is 49.8 Å². The number of aromatic amines is 1. The third kappa shape index (κ3) is 3.80. The van der Waals surface area contributed by atoms with Gasteiger partial charge >= 0.3 is 6.61 Å². The van der Waals surface area contributed by atoms with Crippen molar-refractivity contribution in [3.63, 3.8) is 0 Å². The van der Waals surface area contributed by atoms with Gasteiger partial charge in [0.05, 0.1) is 0 Å². The molecular formula is C12H8ClF3N2O3S. The van der Waals surface area contributed by atoms with Crippen molar-refractivity contribution >= 4 is 29.0 Å². The van der Waals surface area contributed by atoms with Gasteiger partial charge in [-0.3, -0.25) is 14.0 Å². The molecule has 0 bridgehead atoms. The summed E-state index contributed by atoms with van der Waals surface area (Å²) in [5, 5.41) is 2.20. The van der Waals surface area contributed by atoms with Crippen molar-refractivity contribution in [2.45, 2.75) is 13.2 Å². The maximum absolute atomic E-state index is 13.5. The number of benzene rings is 1. The predicted octanol–water partition coefficient (Wildman–Crippen LogP) is 2.76. The van der Waals surface area contributed by atoms with Crippen LogP contribution in [-0.4, -0.2) is 16.9 Å². The van der Waals surface area contributed by atoms with Gasteiger partial charge in [-0.05, 0) is 17.7 Å². The number of nitrogens with one attached hydrogen (secondary N) is 2. The Morgan fingerprint density at radius 3 is 2.73 bits per heavy atom. The van der Waals surface area contributed by atoms with Crippen LogP contribution in [0.15, 0.2) is 23.0 Å². The summed E-state index contributed by atoms with van der Waals surface area (Å²) in [5.41, 5.74) is -0.247. The van der Waals surface area contributed by atoms with Gasteiger partial charge in [-0.2, -0.15) is 8.78 Å². The molecule has 0 aliphatic carbocycles. The Bertz CT molecular complexity index is 747. The molecule has 10 heteroatoms. The van der Waals surface area contributed by atoms with Gasteiger partial charge in [-0.1, -0.05) is 29.2 Å². The topological polar surface area (TPSA) is 71.2 Å². The molecule has 5 nitrogen and oxygen atoms in total. The van der Waals surface area contributed by atoms with E-state index in [-0.39, 0.29) is 16.4 Å². The molecule has 1 aromatic heterocycles. The average Bonchev–Trinajstić information content (AvgIpc) is 2.79. The molecule has 0 aliphatic rings. The van der Waals surface area contributed by atoms with E-state index < -0.39 is 29.6 Å². The van der Waals surface area contributed by atoms with Crippen molar-refractivity contribution in [3.8, 4) is 5.75 Å². The van der Waals surface area contributed by atoms with Crippen molar-refractivity contribution < 1.29 is 22.7 Å². The number of alkyl halides is 2. The summed E-state index contributed by atoms with van der Waals surface area (Å²) >= 11 is 6.41. The highest BCUT2D eigenvalue weighted by atomic mass is 35.5. The Kier molecular flexibility index (Phi) is 5.09. The lowest BCUT2D eigenvalue weighted by Crippen LogP contribution is -2.22. The number of H-pyrrole nitrogens is 1. The molecule has 0 unspecified atom stereocenters. The number of carbonyl (C=O) groups excluding carboxylic acids is 1. The largest absolute Gasteiger partial charge is 0.432 e. The second-order valence-electron chi connectivity index (χ2n) is 4.00. The van der Waals surface area contributed by atoms with E-state index in [1.165, 1.54) is 6.07 Å². The molecule has 1 aromatic carbocycles. The summed E-state index contributed by atoms with van der Waals surface area (Å²) in [5.74, 6) is -2.17. The predicted molar refractivity (Wildman–Crippen MR) is 74.2 cm³/mol. The fraction of sp³-hybridized carbons (Fsp3) is 0.167. The minimum absolute atomic E-state index is 0.00444. The molecule has 0 radical (unpaired) electrons. The number of hydrogen-bond donors (Lipinski definition) is 2. The Balaban J connectivity index is 2.03. The highest BCUT2D eigenvalue weighted by molar-refractivity contribution is 7.08. The normalized spacial score (nSPS) is 10.8. The average molecular weight is 353 g/mol. The Labute approximate surface area is 130 Å². The lowest BCUT2D eigenvalue weighted by Gasteiger charge is -2.08. The monoisotopic (exact) mass is 352 g/mol. The molecule has 0 spiro atoms. The number of halogens is 4. The van der Waals surface area contributed by atoms with E-state index in [0.717, 1.165) is 23.7 Å². The van der Waals surface area contributed by atoms with Gasteiger partial charge in [0.15, 0.2) is 11.6 Å². The van der Waals surface area contributed by atoms with Crippen molar-refractivity contribution in [2.75, 3.05) is 0 Å². The van der Waals surface area contributed by atoms with E-state index in [1.807, 2.05) is 0 Å². The zero-order valence-electron chi connectivity index (χ0n) is 10.7. The number of hydrogen-bond acceptors (Lipinski definition) is 4. The number of aromatic nitrogens is 1. The smallest absolute Gasteiger partial charge is 0.387 e. The summed E-state index contributed by atoms with van der Waals surface area (Å²) in [7, 11) is 0. The number of amides is 1. The Hall–Kier alpha value is -2.00. The highest BCUT2D eigenvalue weighted by Gasteiger charge is 2.16. The third-order valence-electron chi connectivity index (χ3n) is 2.52. The lowest BCUT2D eigenvalue weighted by atomic mass is 10.2. The molecule has 118 valence electrons. The van der Waals surface area contributed by atoms with Gasteiger partial charge in [0.1, 0.15) is 9.90 Å². The molecule has 2 N–H and O–H groups in total. The summed E-state index contributed by atoms with van der Waals surface area (Å²) in [6.45, 7) is -3.20. The summed E-state index contributed by atoms with van der Waals surface area (Å²) in [6.07, 6.45) is 0. The second-order valence-corrected chi connectivity index (χ2v) is 5.20. The van der Waals surface area contributed by atoms with Gasteiger partial charge in [0.2, 0.25) is 0 Å². The van der Waals surface area contributed by atoms with Gasteiger partial charge in [-0.25, -0.2) is 4.39 Å². The molecule has 1 amide bonds. The van der Waals surface area contributed by atoms with Crippen LogP contribution >= 0.6 is 23.1 Å². The first kappa shape index (κ1) is 16.4. The summed E-state index contributed by atoms with van der Waals surface area (Å²) < 4.78 is 43.7. The maximum Gasteiger partial charge on any atom is 0.387 e. The molecule has 0 saturated heterocycles. The van der Waals surface area contributed by atoms with E-state index in [0.29, 0.717) is 5.56 Å². The summed E-state index contributed by atoms with van der Waals surface area (Å²) in [6, 6.07) is 3.31. The van der Waals surface area contributed by atoms with Crippen molar-refractivity contribution in [1.29, 1.82) is 0 Å². The zero-order valence-corrected chi connectivity index (χ0v) is 12.2. The van der Waals surface area contributed by atoms with Crippen LogP contribution in [0.5, 0.6) is 5.75 Å². The number of ether oxygens (including phenoxy) is 1. The first-order valence-electron chi connectivity index (χ1n) is 5.77. The fourth-order valence-electron chi connectivity index (χ4n) is 1.54. The lowest BCUT2D eigenvalue weighted by molar-refractivity contribution is -0.0522. The highest BCUT2D eigenvalue weighted by Crippen LogP contribution is 2.20. The molecule has 0 aliphatic heterocycles. The fourth-order valence-corrected chi connectivity index (χ4v) is 2.49. The first-order valence-corrected chi connectivity index (χ1v) is 6.96. The molecular weight excluding hydrogens is 345 g/mol. The van der Waals surface area contributed by atoms with E-state index >= 15 is 0 Å². The van der Waals surface area contributed by atoms with E-state index in [1.54, 1.807) is 0 Å². The zero-order chi connectivity index (χ0) is 16.3. The van der Waals surface area contributed by atoms with Gasteiger partial charge < -0.3 is 10.1 Å². The molecule has 0 atom stereocenters. The van der Waals surface area contributed by atoms with Crippen LogP contribution in [0, 0.1) is 5.82 Å². The van der Waals surface area contributed by atoms with Crippen LogP contribution in [-0.2, 0) is 6.54 Å². The van der Waals surface area contributed by atoms with Crippen LogP contribution in [0.2, 0.25) is 5.02 Å². The summed E-state index contributed by atoms with van der Waals surface area (Å²) in [4.78, 5) is 22.9. The molecule has 22 heavy (non-hydrogen) atoms. The number of carbonyl (C=O) groups is 1. The SMILES string of the molecule is O=C(NCc1ccc(OC(F)F)c(F)c1)c1s[nH]c(=O)c1Cl. The van der Waals surface area contributed by atoms with Crippen LogP contribution in [0.4, 0.5) is 13.2 Å². The van der Waals surface area contributed by atoms with Crippen LogP contribution in [0.1, 0.15) is 15.2 Å².